The van der Waals surface area contributed by atoms with Gasteiger partial charge >= 0.3 is 6.18 Å². The average molecular weight is 361 g/mol. The fraction of sp³-hybridized carbons (Fsp3) is 0.333. The second-order valence-corrected chi connectivity index (χ2v) is 5.62. The Kier molecular flexibility index (Phi) is 5.98. The lowest BCUT2D eigenvalue weighted by Gasteiger charge is -2.14. The number of benzene rings is 1. The summed E-state index contributed by atoms with van der Waals surface area (Å²) in [6.07, 6.45) is -4.17. The number of hydrogen-bond donors (Lipinski definition) is 3. The Morgan fingerprint density at radius 2 is 2.08 bits per heavy atom. The highest BCUT2D eigenvalue weighted by atomic mass is 35.5. The van der Waals surface area contributed by atoms with E-state index < -0.39 is 18.0 Å². The van der Waals surface area contributed by atoms with Crippen LogP contribution < -0.4 is 10.6 Å². The molecule has 0 aliphatic carbocycles. The zero-order valence-corrected chi connectivity index (χ0v) is 13.5. The van der Waals surface area contributed by atoms with E-state index >= 15 is 0 Å². The fourth-order valence-corrected chi connectivity index (χ4v) is 2.14. The third-order valence-corrected chi connectivity index (χ3v) is 3.20. The lowest BCUT2D eigenvalue weighted by molar-refractivity contribution is -0.141. The van der Waals surface area contributed by atoms with Crippen molar-refractivity contribution in [1.29, 1.82) is 0 Å². The first-order valence-corrected chi connectivity index (χ1v) is 7.48. The first-order chi connectivity index (χ1) is 11.3. The number of rotatable bonds is 6. The largest absolute Gasteiger partial charge is 0.433 e. The molecule has 9 heteroatoms. The standard InChI is InChI=1S/C15H16ClF3N4O/c1-9(24)6-20-7-10-8-21-14(23-13(10)15(17,18)19)22-12-4-2-3-11(16)5-12/h2-5,8-9,20,24H,6-7H2,1H3,(H,21,22,23). The maximum absolute atomic E-state index is 13.2. The molecule has 130 valence electrons. The minimum Gasteiger partial charge on any atom is -0.392 e. The highest BCUT2D eigenvalue weighted by molar-refractivity contribution is 6.30. The van der Waals surface area contributed by atoms with Gasteiger partial charge in [0, 0.05) is 35.6 Å². The van der Waals surface area contributed by atoms with Crippen LogP contribution in [0.5, 0.6) is 0 Å². The van der Waals surface area contributed by atoms with E-state index in [9.17, 15) is 13.2 Å². The molecule has 1 aromatic carbocycles. The number of aliphatic hydroxyl groups excluding tert-OH is 1. The predicted molar refractivity (Wildman–Crippen MR) is 85.2 cm³/mol. The maximum Gasteiger partial charge on any atom is 0.433 e. The summed E-state index contributed by atoms with van der Waals surface area (Å²) < 4.78 is 39.6. The molecule has 0 aliphatic rings. The van der Waals surface area contributed by atoms with Crippen LogP contribution in [0.15, 0.2) is 30.5 Å². The summed E-state index contributed by atoms with van der Waals surface area (Å²) in [6, 6.07) is 6.49. The van der Waals surface area contributed by atoms with E-state index in [1.165, 1.54) is 6.92 Å². The number of nitrogens with one attached hydrogen (secondary N) is 2. The molecule has 1 unspecified atom stereocenters. The molecular formula is C15H16ClF3N4O. The van der Waals surface area contributed by atoms with Gasteiger partial charge in [0.1, 0.15) is 0 Å². The van der Waals surface area contributed by atoms with Crippen LogP contribution in [0, 0.1) is 0 Å². The molecule has 1 heterocycles. The van der Waals surface area contributed by atoms with Crippen molar-refractivity contribution in [2.45, 2.75) is 25.7 Å². The Labute approximate surface area is 141 Å². The van der Waals surface area contributed by atoms with Crippen molar-refractivity contribution in [1.82, 2.24) is 15.3 Å². The first kappa shape index (κ1) is 18.4. The van der Waals surface area contributed by atoms with E-state index in [0.717, 1.165) is 6.20 Å². The van der Waals surface area contributed by atoms with Gasteiger partial charge in [0.05, 0.1) is 6.10 Å². The van der Waals surface area contributed by atoms with Gasteiger partial charge in [-0.3, -0.25) is 0 Å². The molecule has 0 spiro atoms. The zero-order chi connectivity index (χ0) is 17.7. The van der Waals surface area contributed by atoms with E-state index in [1.807, 2.05) is 0 Å². The van der Waals surface area contributed by atoms with Crippen LogP contribution in [0.1, 0.15) is 18.2 Å². The summed E-state index contributed by atoms with van der Waals surface area (Å²) >= 11 is 5.83. The Balaban J connectivity index is 2.22. The molecular weight excluding hydrogens is 345 g/mol. The number of hydrogen-bond acceptors (Lipinski definition) is 5. The van der Waals surface area contributed by atoms with Crippen molar-refractivity contribution in [2.24, 2.45) is 0 Å². The summed E-state index contributed by atoms with van der Waals surface area (Å²) in [5.41, 5.74) is -0.643. The zero-order valence-electron chi connectivity index (χ0n) is 12.7. The molecule has 0 saturated carbocycles. The van der Waals surface area contributed by atoms with Crippen molar-refractivity contribution < 1.29 is 18.3 Å². The molecule has 0 radical (unpaired) electrons. The van der Waals surface area contributed by atoms with Gasteiger partial charge in [0.2, 0.25) is 5.95 Å². The third kappa shape index (κ3) is 5.33. The van der Waals surface area contributed by atoms with Crippen LogP contribution in [-0.4, -0.2) is 27.7 Å². The van der Waals surface area contributed by atoms with E-state index in [-0.39, 0.29) is 24.6 Å². The highest BCUT2D eigenvalue weighted by Crippen LogP contribution is 2.31. The lowest BCUT2D eigenvalue weighted by Crippen LogP contribution is -2.26. The molecule has 0 amide bonds. The molecule has 2 rings (SSSR count). The van der Waals surface area contributed by atoms with Crippen molar-refractivity contribution in [3.05, 3.63) is 46.7 Å². The molecule has 1 aromatic heterocycles. The van der Waals surface area contributed by atoms with Gasteiger partial charge in [-0.15, -0.1) is 0 Å². The normalized spacial score (nSPS) is 12.9. The third-order valence-electron chi connectivity index (χ3n) is 2.97. The number of aliphatic hydroxyl groups is 1. The Morgan fingerprint density at radius 3 is 2.71 bits per heavy atom. The van der Waals surface area contributed by atoms with E-state index in [2.05, 4.69) is 20.6 Å². The van der Waals surface area contributed by atoms with Crippen LogP contribution in [-0.2, 0) is 12.7 Å². The summed E-state index contributed by atoms with van der Waals surface area (Å²) in [6.45, 7) is 1.60. The average Bonchev–Trinajstić information content (AvgIpc) is 2.47. The van der Waals surface area contributed by atoms with Crippen molar-refractivity contribution in [3.63, 3.8) is 0 Å². The van der Waals surface area contributed by atoms with Crippen LogP contribution in [0.2, 0.25) is 5.02 Å². The molecule has 0 aliphatic heterocycles. The molecule has 24 heavy (non-hydrogen) atoms. The highest BCUT2D eigenvalue weighted by Gasteiger charge is 2.36. The van der Waals surface area contributed by atoms with E-state index in [4.69, 9.17) is 16.7 Å². The number of nitrogens with zero attached hydrogens (tertiary/aromatic N) is 2. The second-order valence-electron chi connectivity index (χ2n) is 5.18. The molecule has 0 saturated heterocycles. The minimum atomic E-state index is -4.62. The van der Waals surface area contributed by atoms with Gasteiger partial charge in [-0.2, -0.15) is 13.2 Å². The Morgan fingerprint density at radius 1 is 1.33 bits per heavy atom. The number of anilines is 2. The smallest absolute Gasteiger partial charge is 0.392 e. The maximum atomic E-state index is 13.2. The molecule has 0 bridgehead atoms. The van der Waals surface area contributed by atoms with Crippen LogP contribution in [0.3, 0.4) is 0 Å². The fourth-order valence-electron chi connectivity index (χ4n) is 1.95. The van der Waals surface area contributed by atoms with E-state index in [1.54, 1.807) is 24.3 Å². The van der Waals surface area contributed by atoms with Gasteiger partial charge in [-0.25, -0.2) is 9.97 Å². The minimum absolute atomic E-state index is 0.0974. The van der Waals surface area contributed by atoms with Crippen molar-refractivity contribution in [2.75, 3.05) is 11.9 Å². The van der Waals surface area contributed by atoms with Crippen LogP contribution in [0.25, 0.3) is 0 Å². The number of halogens is 4. The first-order valence-electron chi connectivity index (χ1n) is 7.10. The van der Waals surface area contributed by atoms with Crippen molar-refractivity contribution in [3.8, 4) is 0 Å². The van der Waals surface area contributed by atoms with Gasteiger partial charge in [0.25, 0.3) is 0 Å². The second kappa shape index (κ2) is 7.78. The SMILES string of the molecule is CC(O)CNCc1cnc(Nc2cccc(Cl)c2)nc1C(F)(F)F. The Bertz CT molecular complexity index is 695. The molecule has 3 N–H and O–H groups in total. The lowest BCUT2D eigenvalue weighted by atomic mass is 10.2. The molecule has 0 fully saturated rings. The number of alkyl halides is 3. The van der Waals surface area contributed by atoms with Crippen LogP contribution in [0.4, 0.5) is 24.8 Å². The number of aromatic nitrogens is 2. The molecule has 5 nitrogen and oxygen atoms in total. The molecule has 2 aromatic rings. The summed E-state index contributed by atoms with van der Waals surface area (Å²) in [4.78, 5) is 7.48. The quantitative estimate of drug-likeness (QED) is 0.737. The van der Waals surface area contributed by atoms with E-state index in [0.29, 0.717) is 10.7 Å². The molecule has 1 atom stereocenters. The topological polar surface area (TPSA) is 70.1 Å². The van der Waals surface area contributed by atoms with Gasteiger partial charge in [-0.1, -0.05) is 17.7 Å². The summed E-state index contributed by atoms with van der Waals surface area (Å²) in [5, 5.41) is 15.0. The van der Waals surface area contributed by atoms with Gasteiger partial charge in [-0.05, 0) is 25.1 Å². The summed E-state index contributed by atoms with van der Waals surface area (Å²) in [5.74, 6) is -0.177. The predicted octanol–water partition coefficient (Wildman–Crippen LogP) is 3.36. The van der Waals surface area contributed by atoms with Crippen LogP contribution >= 0.6 is 11.6 Å². The van der Waals surface area contributed by atoms with Crippen molar-refractivity contribution >= 4 is 23.2 Å². The summed E-state index contributed by atoms with van der Waals surface area (Å²) in [7, 11) is 0. The monoisotopic (exact) mass is 360 g/mol. The Hall–Kier alpha value is -1.90. The van der Waals surface area contributed by atoms with Gasteiger partial charge in [0.15, 0.2) is 5.69 Å². The van der Waals surface area contributed by atoms with Gasteiger partial charge < -0.3 is 15.7 Å².